The van der Waals surface area contributed by atoms with Crippen LogP contribution in [-0.2, 0) is 6.42 Å². The molecular weight excluding hydrogens is 286 g/mol. The molecule has 4 nitrogen and oxygen atoms in total. The molecule has 3 aromatic rings. The van der Waals surface area contributed by atoms with Gasteiger partial charge in [0.15, 0.2) is 0 Å². The van der Waals surface area contributed by atoms with Gasteiger partial charge in [0, 0.05) is 35.0 Å². The molecule has 1 heterocycles. The number of nitrogens with two attached hydrogens (primary N) is 1. The lowest BCUT2D eigenvalue weighted by molar-refractivity contribution is 0.102. The highest BCUT2D eigenvalue weighted by molar-refractivity contribution is 6.04. The minimum atomic E-state index is -0.146. The summed E-state index contributed by atoms with van der Waals surface area (Å²) >= 11 is 0. The highest BCUT2D eigenvalue weighted by atomic mass is 16.1. The van der Waals surface area contributed by atoms with Gasteiger partial charge in [-0.25, -0.2) is 0 Å². The largest absolute Gasteiger partial charge is 0.398 e. The molecule has 0 radical (unpaired) electrons. The first-order valence-corrected chi connectivity index (χ1v) is 7.60. The van der Waals surface area contributed by atoms with Crippen molar-refractivity contribution in [2.75, 3.05) is 11.1 Å². The lowest BCUT2D eigenvalue weighted by Crippen LogP contribution is -2.12. The molecule has 0 atom stereocenters. The van der Waals surface area contributed by atoms with E-state index in [2.05, 4.69) is 12.2 Å². The normalized spacial score (nSPS) is 10.5. The molecule has 4 heteroatoms. The summed E-state index contributed by atoms with van der Waals surface area (Å²) in [4.78, 5) is 12.3. The average Bonchev–Trinajstić information content (AvgIpc) is 3.09. The number of rotatable bonds is 4. The number of nitrogens with one attached hydrogen (secondary N) is 1. The van der Waals surface area contributed by atoms with Gasteiger partial charge in [0.05, 0.1) is 0 Å². The number of hydrogen-bond donors (Lipinski definition) is 2. The van der Waals surface area contributed by atoms with Gasteiger partial charge in [0.1, 0.15) is 0 Å². The SMILES string of the molecule is CCc1ccc(NC(=O)c2ccc(-n3cccc3)cc2)cc1N. The van der Waals surface area contributed by atoms with Crippen LogP contribution < -0.4 is 11.1 Å². The molecule has 1 aromatic heterocycles. The molecule has 23 heavy (non-hydrogen) atoms. The van der Waals surface area contributed by atoms with Crippen LogP contribution in [0.5, 0.6) is 0 Å². The maximum Gasteiger partial charge on any atom is 0.255 e. The standard InChI is InChI=1S/C19H19N3O/c1-2-14-5-8-16(13-18(14)20)21-19(23)15-6-9-17(10-7-15)22-11-3-4-12-22/h3-13H,2,20H2,1H3,(H,21,23). The van der Waals surface area contributed by atoms with Gasteiger partial charge >= 0.3 is 0 Å². The van der Waals surface area contributed by atoms with E-state index >= 15 is 0 Å². The zero-order valence-electron chi connectivity index (χ0n) is 13.0. The fraction of sp³-hybridized carbons (Fsp3) is 0.105. The molecule has 0 aliphatic rings. The number of nitrogen functional groups attached to an aromatic ring is 1. The minimum absolute atomic E-state index is 0.146. The van der Waals surface area contributed by atoms with Gasteiger partial charge in [-0.1, -0.05) is 13.0 Å². The van der Waals surface area contributed by atoms with Crippen LogP contribution >= 0.6 is 0 Å². The Kier molecular flexibility index (Phi) is 4.15. The van der Waals surface area contributed by atoms with Crippen molar-refractivity contribution in [3.05, 3.63) is 78.1 Å². The Balaban J connectivity index is 1.74. The smallest absolute Gasteiger partial charge is 0.255 e. The number of aryl methyl sites for hydroxylation is 1. The van der Waals surface area contributed by atoms with Crippen molar-refractivity contribution in [1.29, 1.82) is 0 Å². The Hall–Kier alpha value is -3.01. The Morgan fingerprint density at radius 3 is 2.39 bits per heavy atom. The molecule has 0 fully saturated rings. The number of nitrogens with zero attached hydrogens (tertiary/aromatic N) is 1. The molecule has 0 saturated carbocycles. The number of anilines is 2. The van der Waals surface area contributed by atoms with Crippen LogP contribution in [-0.4, -0.2) is 10.5 Å². The molecule has 0 bridgehead atoms. The van der Waals surface area contributed by atoms with Crippen LogP contribution in [0.4, 0.5) is 11.4 Å². The van der Waals surface area contributed by atoms with Crippen molar-refractivity contribution in [3.8, 4) is 5.69 Å². The van der Waals surface area contributed by atoms with Crippen LogP contribution in [0, 0.1) is 0 Å². The van der Waals surface area contributed by atoms with E-state index in [0.29, 0.717) is 16.9 Å². The van der Waals surface area contributed by atoms with E-state index in [1.807, 2.05) is 65.5 Å². The Morgan fingerprint density at radius 2 is 1.78 bits per heavy atom. The minimum Gasteiger partial charge on any atom is -0.398 e. The molecule has 0 unspecified atom stereocenters. The fourth-order valence-corrected chi connectivity index (χ4v) is 2.49. The predicted molar refractivity (Wildman–Crippen MR) is 94.0 cm³/mol. The number of hydrogen-bond acceptors (Lipinski definition) is 2. The topological polar surface area (TPSA) is 60.0 Å². The molecule has 1 amide bonds. The first-order valence-electron chi connectivity index (χ1n) is 7.60. The summed E-state index contributed by atoms with van der Waals surface area (Å²) in [6.45, 7) is 2.05. The van der Waals surface area contributed by atoms with E-state index in [-0.39, 0.29) is 5.91 Å². The number of aromatic nitrogens is 1. The monoisotopic (exact) mass is 305 g/mol. The predicted octanol–water partition coefficient (Wildman–Crippen LogP) is 3.87. The van der Waals surface area contributed by atoms with Crippen LogP contribution in [0.15, 0.2) is 67.0 Å². The molecule has 3 N–H and O–H groups in total. The second-order valence-corrected chi connectivity index (χ2v) is 5.36. The molecule has 0 aliphatic heterocycles. The fourth-order valence-electron chi connectivity index (χ4n) is 2.49. The Labute approximate surface area is 135 Å². The van der Waals surface area contributed by atoms with E-state index in [0.717, 1.165) is 17.7 Å². The summed E-state index contributed by atoms with van der Waals surface area (Å²) in [7, 11) is 0. The Morgan fingerprint density at radius 1 is 1.09 bits per heavy atom. The van der Waals surface area contributed by atoms with Gasteiger partial charge in [-0.15, -0.1) is 0 Å². The lowest BCUT2D eigenvalue weighted by Gasteiger charge is -2.09. The Bertz CT molecular complexity index is 805. The van der Waals surface area contributed by atoms with Gasteiger partial charge in [0.2, 0.25) is 0 Å². The zero-order valence-corrected chi connectivity index (χ0v) is 13.0. The third-order valence-electron chi connectivity index (χ3n) is 3.82. The third kappa shape index (κ3) is 3.26. The number of amides is 1. The van der Waals surface area contributed by atoms with Gasteiger partial charge in [-0.05, 0) is 60.5 Å². The lowest BCUT2D eigenvalue weighted by atomic mass is 10.1. The molecule has 3 rings (SSSR count). The highest BCUT2D eigenvalue weighted by Gasteiger charge is 2.07. The van der Waals surface area contributed by atoms with Gasteiger partial charge in [-0.2, -0.15) is 0 Å². The van der Waals surface area contributed by atoms with Gasteiger partial charge in [-0.3, -0.25) is 4.79 Å². The maximum atomic E-state index is 12.3. The number of carbonyl (C=O) groups excluding carboxylic acids is 1. The summed E-state index contributed by atoms with van der Waals surface area (Å²) < 4.78 is 1.99. The van der Waals surface area contributed by atoms with E-state index < -0.39 is 0 Å². The second-order valence-electron chi connectivity index (χ2n) is 5.36. The van der Waals surface area contributed by atoms with Crippen molar-refractivity contribution in [2.45, 2.75) is 13.3 Å². The molecular formula is C19H19N3O. The highest BCUT2D eigenvalue weighted by Crippen LogP contribution is 2.19. The first-order chi connectivity index (χ1) is 11.2. The molecule has 0 spiro atoms. The average molecular weight is 305 g/mol. The van der Waals surface area contributed by atoms with Crippen molar-refractivity contribution >= 4 is 17.3 Å². The number of benzene rings is 2. The van der Waals surface area contributed by atoms with Crippen molar-refractivity contribution in [2.24, 2.45) is 0 Å². The van der Waals surface area contributed by atoms with Gasteiger partial charge < -0.3 is 15.6 Å². The summed E-state index contributed by atoms with van der Waals surface area (Å²) in [5.74, 6) is -0.146. The summed E-state index contributed by atoms with van der Waals surface area (Å²) in [6.07, 6.45) is 4.81. The van der Waals surface area contributed by atoms with Crippen LogP contribution in [0.2, 0.25) is 0 Å². The van der Waals surface area contributed by atoms with E-state index in [1.54, 1.807) is 6.07 Å². The van der Waals surface area contributed by atoms with Crippen LogP contribution in [0.3, 0.4) is 0 Å². The summed E-state index contributed by atoms with van der Waals surface area (Å²) in [5.41, 5.74) is 10.1. The quantitative estimate of drug-likeness (QED) is 0.719. The van der Waals surface area contributed by atoms with E-state index in [1.165, 1.54) is 0 Å². The van der Waals surface area contributed by atoms with E-state index in [4.69, 9.17) is 5.73 Å². The maximum absolute atomic E-state index is 12.3. The summed E-state index contributed by atoms with van der Waals surface area (Å²) in [5, 5.41) is 2.88. The van der Waals surface area contributed by atoms with Crippen LogP contribution in [0.25, 0.3) is 5.69 Å². The van der Waals surface area contributed by atoms with Crippen molar-refractivity contribution in [1.82, 2.24) is 4.57 Å². The third-order valence-corrected chi connectivity index (χ3v) is 3.82. The van der Waals surface area contributed by atoms with Crippen molar-refractivity contribution in [3.63, 3.8) is 0 Å². The molecule has 2 aromatic carbocycles. The van der Waals surface area contributed by atoms with E-state index in [9.17, 15) is 4.79 Å². The molecule has 116 valence electrons. The van der Waals surface area contributed by atoms with Gasteiger partial charge in [0.25, 0.3) is 5.91 Å². The van der Waals surface area contributed by atoms with Crippen molar-refractivity contribution < 1.29 is 4.79 Å². The second kappa shape index (κ2) is 6.40. The first kappa shape index (κ1) is 14.9. The zero-order chi connectivity index (χ0) is 16.2. The molecule has 0 saturated heterocycles. The number of carbonyl (C=O) groups is 1. The van der Waals surface area contributed by atoms with Crippen LogP contribution in [0.1, 0.15) is 22.8 Å². The molecule has 0 aliphatic carbocycles. The summed E-state index contributed by atoms with van der Waals surface area (Å²) in [6, 6.07) is 17.0.